The molecule has 3 N–H and O–H groups in total. The van der Waals surface area contributed by atoms with Gasteiger partial charge < -0.3 is 20.5 Å². The van der Waals surface area contributed by atoms with Gasteiger partial charge in [-0.3, -0.25) is 4.79 Å². The molecule has 1 saturated carbocycles. The number of carbonyl (C=O) groups excluding carboxylic acids is 1. The molecule has 0 spiro atoms. The van der Waals surface area contributed by atoms with Gasteiger partial charge in [0.05, 0.1) is 13.7 Å². The number of ether oxygens (including phenoxy) is 2. The molecule has 1 fully saturated rings. The molecule has 0 saturated heterocycles. The molecule has 0 bridgehead atoms. The zero-order valence-corrected chi connectivity index (χ0v) is 12.5. The van der Waals surface area contributed by atoms with Gasteiger partial charge in [-0.2, -0.15) is 0 Å². The first-order valence-electron chi connectivity index (χ1n) is 7.44. The summed E-state index contributed by atoms with van der Waals surface area (Å²) >= 11 is 0. The van der Waals surface area contributed by atoms with E-state index in [0.717, 1.165) is 6.42 Å². The first-order chi connectivity index (χ1) is 10.2. The van der Waals surface area contributed by atoms with Gasteiger partial charge in [-0.15, -0.1) is 0 Å². The molecule has 5 nitrogen and oxygen atoms in total. The fourth-order valence-electron chi connectivity index (χ4n) is 2.84. The molecule has 1 aliphatic rings. The summed E-state index contributed by atoms with van der Waals surface area (Å²) in [5.41, 5.74) is 6.45. The Bertz CT molecular complexity index is 465. The van der Waals surface area contributed by atoms with Gasteiger partial charge in [-0.25, -0.2) is 0 Å². The lowest BCUT2D eigenvalue weighted by Gasteiger charge is -2.17. The van der Waals surface area contributed by atoms with Crippen molar-refractivity contribution in [2.45, 2.75) is 19.3 Å². The molecule has 1 aliphatic carbocycles. The molecular weight excluding hydrogens is 268 g/mol. The van der Waals surface area contributed by atoms with E-state index in [1.165, 1.54) is 12.8 Å². The molecule has 0 aromatic heterocycles. The van der Waals surface area contributed by atoms with Crippen LogP contribution in [0.2, 0.25) is 0 Å². The second-order valence-corrected chi connectivity index (χ2v) is 5.48. The van der Waals surface area contributed by atoms with E-state index in [2.05, 4.69) is 5.32 Å². The fourth-order valence-corrected chi connectivity index (χ4v) is 2.84. The Labute approximate surface area is 125 Å². The molecule has 0 radical (unpaired) electrons. The third-order valence-corrected chi connectivity index (χ3v) is 4.04. The summed E-state index contributed by atoms with van der Waals surface area (Å²) in [5, 5.41) is 2.80. The van der Waals surface area contributed by atoms with Crippen molar-refractivity contribution in [1.29, 1.82) is 0 Å². The first kappa shape index (κ1) is 15.8. The lowest BCUT2D eigenvalue weighted by atomic mass is 9.97. The van der Waals surface area contributed by atoms with Gasteiger partial charge in [0.1, 0.15) is 12.4 Å². The monoisotopic (exact) mass is 292 g/mol. The van der Waals surface area contributed by atoms with Gasteiger partial charge in [0.2, 0.25) is 5.91 Å². The highest BCUT2D eigenvalue weighted by atomic mass is 16.5. The number of rotatable bonds is 7. The normalized spacial score (nSPS) is 21.2. The van der Waals surface area contributed by atoms with Gasteiger partial charge in [-0.1, -0.05) is 12.5 Å². The minimum atomic E-state index is -0.148. The average Bonchev–Trinajstić information content (AvgIpc) is 2.95. The van der Waals surface area contributed by atoms with Gasteiger partial charge in [0.25, 0.3) is 0 Å². The molecule has 1 aromatic rings. The number of carbonyl (C=O) groups is 1. The Morgan fingerprint density at radius 3 is 2.95 bits per heavy atom. The van der Waals surface area contributed by atoms with E-state index in [9.17, 15) is 4.79 Å². The van der Waals surface area contributed by atoms with E-state index in [-0.39, 0.29) is 12.5 Å². The number of nitrogens with two attached hydrogens (primary N) is 1. The van der Waals surface area contributed by atoms with E-state index >= 15 is 0 Å². The van der Waals surface area contributed by atoms with Crippen molar-refractivity contribution >= 4 is 11.6 Å². The molecule has 2 rings (SSSR count). The Morgan fingerprint density at radius 1 is 1.38 bits per heavy atom. The summed E-state index contributed by atoms with van der Waals surface area (Å²) in [6, 6.07) is 7.26. The van der Waals surface area contributed by atoms with Crippen LogP contribution in [0.5, 0.6) is 5.75 Å². The number of nitrogens with one attached hydrogen (secondary N) is 1. The molecule has 2 unspecified atom stereocenters. The second kappa shape index (κ2) is 8.00. The standard InChI is InChI=1S/C16H24N2O3/c1-20-15-7-3-6-14(8-15)18-16(19)11-21-10-13-5-2-4-12(13)9-17/h3,6-8,12-13H,2,4-5,9-11,17H2,1H3,(H,18,19). The van der Waals surface area contributed by atoms with Crippen molar-refractivity contribution < 1.29 is 14.3 Å². The van der Waals surface area contributed by atoms with Crippen molar-refractivity contribution in [2.24, 2.45) is 17.6 Å². The van der Waals surface area contributed by atoms with Crippen LogP contribution in [-0.2, 0) is 9.53 Å². The van der Waals surface area contributed by atoms with Crippen LogP contribution >= 0.6 is 0 Å². The fraction of sp³-hybridized carbons (Fsp3) is 0.562. The number of benzene rings is 1. The molecule has 116 valence electrons. The van der Waals surface area contributed by atoms with Crippen LogP contribution in [0.15, 0.2) is 24.3 Å². The minimum absolute atomic E-state index is 0.0744. The second-order valence-electron chi connectivity index (χ2n) is 5.48. The number of anilines is 1. The maximum Gasteiger partial charge on any atom is 0.250 e. The molecule has 5 heteroatoms. The summed E-state index contributed by atoms with van der Waals surface area (Å²) < 4.78 is 10.7. The number of hydrogen-bond acceptors (Lipinski definition) is 4. The zero-order valence-electron chi connectivity index (χ0n) is 12.5. The van der Waals surface area contributed by atoms with E-state index < -0.39 is 0 Å². The maximum atomic E-state index is 11.8. The van der Waals surface area contributed by atoms with Crippen LogP contribution in [0.4, 0.5) is 5.69 Å². The molecule has 0 aliphatic heterocycles. The largest absolute Gasteiger partial charge is 0.497 e. The summed E-state index contributed by atoms with van der Waals surface area (Å²) in [5.74, 6) is 1.61. The van der Waals surface area contributed by atoms with Crippen molar-refractivity contribution in [2.75, 3.05) is 32.2 Å². The molecule has 21 heavy (non-hydrogen) atoms. The highest BCUT2D eigenvalue weighted by Gasteiger charge is 2.26. The van der Waals surface area contributed by atoms with E-state index in [4.69, 9.17) is 15.2 Å². The third kappa shape index (κ3) is 4.72. The van der Waals surface area contributed by atoms with Crippen LogP contribution in [0.1, 0.15) is 19.3 Å². The number of methoxy groups -OCH3 is 1. The molecule has 1 amide bonds. The topological polar surface area (TPSA) is 73.6 Å². The lowest BCUT2D eigenvalue weighted by Crippen LogP contribution is -2.25. The summed E-state index contributed by atoms with van der Waals surface area (Å²) in [6.45, 7) is 1.41. The van der Waals surface area contributed by atoms with E-state index in [1.54, 1.807) is 13.2 Å². The predicted octanol–water partition coefficient (Wildman–Crippen LogP) is 2.03. The van der Waals surface area contributed by atoms with Crippen LogP contribution in [0.25, 0.3) is 0 Å². The molecule has 0 heterocycles. The molecule has 2 atom stereocenters. The first-order valence-corrected chi connectivity index (χ1v) is 7.44. The number of hydrogen-bond donors (Lipinski definition) is 2. The van der Waals surface area contributed by atoms with Crippen LogP contribution in [0, 0.1) is 11.8 Å². The summed E-state index contributed by atoms with van der Waals surface area (Å²) in [4.78, 5) is 11.8. The van der Waals surface area contributed by atoms with Crippen LogP contribution < -0.4 is 15.8 Å². The van der Waals surface area contributed by atoms with Crippen molar-refractivity contribution in [3.05, 3.63) is 24.3 Å². The average molecular weight is 292 g/mol. The Kier molecular flexibility index (Phi) is 6.02. The summed E-state index contributed by atoms with van der Waals surface area (Å²) in [6.07, 6.45) is 3.55. The van der Waals surface area contributed by atoms with Crippen LogP contribution in [-0.4, -0.2) is 32.8 Å². The summed E-state index contributed by atoms with van der Waals surface area (Å²) in [7, 11) is 1.60. The molecular formula is C16H24N2O3. The SMILES string of the molecule is COc1cccc(NC(=O)COCC2CCCC2CN)c1. The van der Waals surface area contributed by atoms with Gasteiger partial charge in [-0.05, 0) is 43.4 Å². The Balaban J connectivity index is 1.72. The highest BCUT2D eigenvalue weighted by molar-refractivity contribution is 5.91. The number of amides is 1. The Morgan fingerprint density at radius 2 is 2.19 bits per heavy atom. The third-order valence-electron chi connectivity index (χ3n) is 4.04. The predicted molar refractivity (Wildman–Crippen MR) is 82.3 cm³/mol. The molecule has 1 aromatic carbocycles. The lowest BCUT2D eigenvalue weighted by molar-refractivity contribution is -0.121. The zero-order chi connectivity index (χ0) is 15.1. The smallest absolute Gasteiger partial charge is 0.250 e. The van der Waals surface area contributed by atoms with Crippen LogP contribution in [0.3, 0.4) is 0 Å². The quantitative estimate of drug-likeness (QED) is 0.806. The van der Waals surface area contributed by atoms with E-state index in [0.29, 0.717) is 36.4 Å². The van der Waals surface area contributed by atoms with Crippen molar-refractivity contribution in [3.8, 4) is 5.75 Å². The highest BCUT2D eigenvalue weighted by Crippen LogP contribution is 2.30. The van der Waals surface area contributed by atoms with Gasteiger partial charge in [0.15, 0.2) is 0 Å². The maximum absolute atomic E-state index is 11.8. The van der Waals surface area contributed by atoms with Crippen molar-refractivity contribution in [3.63, 3.8) is 0 Å². The van der Waals surface area contributed by atoms with Crippen molar-refractivity contribution in [1.82, 2.24) is 0 Å². The Hall–Kier alpha value is -1.59. The minimum Gasteiger partial charge on any atom is -0.497 e. The van der Waals surface area contributed by atoms with Gasteiger partial charge >= 0.3 is 0 Å². The van der Waals surface area contributed by atoms with Gasteiger partial charge in [0, 0.05) is 11.8 Å². The van der Waals surface area contributed by atoms with E-state index in [1.807, 2.05) is 18.2 Å².